The first kappa shape index (κ1) is 31.1. The lowest BCUT2D eigenvalue weighted by molar-refractivity contribution is -0.141. The molecule has 41 heavy (non-hydrogen) atoms. The fraction of sp³-hybridized carbons (Fsp3) is 0.545. The first-order valence-corrected chi connectivity index (χ1v) is 15.4. The third-order valence-electron chi connectivity index (χ3n) is 9.10. The molecule has 2 unspecified atom stereocenters. The minimum atomic E-state index is -1.12. The van der Waals surface area contributed by atoms with Crippen molar-refractivity contribution in [2.24, 2.45) is 5.92 Å². The molecule has 1 aromatic rings. The SMILES string of the molecule is C=C(OCC1C2=C(CCC=C2)c2ccccc21)N(C)C(C(=N)N(C)[C@@](C)(CC(O)=P)C(=O)N1CCCCC1)C(C)C. The number of likely N-dealkylation sites (N-methyl/N-ethyl adjacent to an activating group) is 2. The number of carbonyl (C=O) groups is 1. The number of nitrogens with zero attached hydrogens (tertiary/aromatic N) is 3. The molecular weight excluding hydrogens is 531 g/mol. The van der Waals surface area contributed by atoms with Crippen molar-refractivity contribution >= 4 is 31.7 Å². The number of carbonyl (C=O) groups excluding carboxylic acids is 1. The van der Waals surface area contributed by atoms with Crippen molar-refractivity contribution in [1.29, 1.82) is 5.41 Å². The van der Waals surface area contributed by atoms with E-state index in [9.17, 15) is 15.3 Å². The molecule has 1 heterocycles. The average Bonchev–Trinajstić information content (AvgIpc) is 3.28. The van der Waals surface area contributed by atoms with Gasteiger partial charge in [-0.2, -0.15) is 0 Å². The van der Waals surface area contributed by atoms with Crippen molar-refractivity contribution in [2.45, 2.75) is 76.8 Å². The molecule has 4 rings (SSSR count). The molecule has 1 aliphatic heterocycles. The van der Waals surface area contributed by atoms with Gasteiger partial charge in [-0.25, -0.2) is 0 Å². The highest BCUT2D eigenvalue weighted by atomic mass is 31.0. The minimum absolute atomic E-state index is 0.0121. The zero-order valence-electron chi connectivity index (χ0n) is 25.4. The van der Waals surface area contributed by atoms with Crippen LogP contribution < -0.4 is 0 Å². The van der Waals surface area contributed by atoms with E-state index in [0.29, 0.717) is 25.6 Å². The number of hydrogen-bond donors (Lipinski definition) is 2. The van der Waals surface area contributed by atoms with Gasteiger partial charge in [-0.05, 0) is 73.8 Å². The van der Waals surface area contributed by atoms with Crippen molar-refractivity contribution in [3.63, 3.8) is 0 Å². The number of aliphatic hydroxyl groups is 1. The normalized spacial score (nSPS) is 20.2. The molecule has 1 amide bonds. The molecule has 0 bridgehead atoms. The fourth-order valence-corrected chi connectivity index (χ4v) is 7.01. The number of nitrogens with one attached hydrogen (secondary N) is 1. The van der Waals surface area contributed by atoms with Crippen LogP contribution in [-0.2, 0) is 9.53 Å². The third-order valence-corrected chi connectivity index (χ3v) is 9.28. The number of aliphatic hydroxyl groups excluding tert-OH is 1. The number of fused-ring (bicyclic) bond motifs is 2. The van der Waals surface area contributed by atoms with Gasteiger partial charge in [0.25, 0.3) is 0 Å². The summed E-state index contributed by atoms with van der Waals surface area (Å²) < 4.78 is 6.37. The summed E-state index contributed by atoms with van der Waals surface area (Å²) >= 11 is 0. The molecule has 3 aliphatic rings. The van der Waals surface area contributed by atoms with Crippen molar-refractivity contribution in [2.75, 3.05) is 33.8 Å². The van der Waals surface area contributed by atoms with E-state index in [1.54, 1.807) is 11.9 Å². The van der Waals surface area contributed by atoms with Crippen LogP contribution in [0.4, 0.5) is 0 Å². The van der Waals surface area contributed by atoms with Gasteiger partial charge in [-0.3, -0.25) is 10.2 Å². The zero-order valence-corrected chi connectivity index (χ0v) is 26.4. The molecule has 0 saturated carbocycles. The summed E-state index contributed by atoms with van der Waals surface area (Å²) in [6.45, 7) is 12.1. The molecule has 3 atom stereocenters. The number of piperidine rings is 1. The van der Waals surface area contributed by atoms with E-state index in [-0.39, 0.29) is 35.5 Å². The zero-order chi connectivity index (χ0) is 29.9. The molecule has 0 radical (unpaired) electrons. The van der Waals surface area contributed by atoms with Crippen LogP contribution in [0.25, 0.3) is 5.57 Å². The first-order valence-electron chi connectivity index (χ1n) is 14.9. The smallest absolute Gasteiger partial charge is 0.248 e. The summed E-state index contributed by atoms with van der Waals surface area (Å²) in [7, 11) is 6.92. The Hall–Kier alpha value is -2.89. The second-order valence-electron chi connectivity index (χ2n) is 12.2. The maximum atomic E-state index is 13.8. The lowest BCUT2D eigenvalue weighted by Gasteiger charge is -2.46. The van der Waals surface area contributed by atoms with E-state index in [4.69, 9.17) is 4.74 Å². The summed E-state index contributed by atoms with van der Waals surface area (Å²) in [6, 6.07) is 8.20. The Bertz CT molecular complexity index is 1250. The number of allylic oxidation sites excluding steroid dienone is 3. The van der Waals surface area contributed by atoms with E-state index in [1.165, 1.54) is 22.3 Å². The van der Waals surface area contributed by atoms with Crippen LogP contribution >= 0.6 is 8.86 Å². The third kappa shape index (κ3) is 6.32. The molecule has 0 aromatic heterocycles. The lowest BCUT2D eigenvalue weighted by Crippen LogP contribution is -2.63. The molecule has 8 heteroatoms. The van der Waals surface area contributed by atoms with Gasteiger partial charge in [-0.15, -0.1) is 0 Å². The summed E-state index contributed by atoms with van der Waals surface area (Å²) in [5.74, 6) is 0.879. The van der Waals surface area contributed by atoms with Crippen LogP contribution in [-0.4, -0.2) is 82.4 Å². The van der Waals surface area contributed by atoms with E-state index in [0.717, 1.165) is 32.1 Å². The highest BCUT2D eigenvalue weighted by Gasteiger charge is 2.44. The van der Waals surface area contributed by atoms with Gasteiger partial charge in [0.1, 0.15) is 18.0 Å². The minimum Gasteiger partial charge on any atom is -0.478 e. The number of hydrogen-bond acceptors (Lipinski definition) is 4. The Morgan fingerprint density at radius 3 is 2.59 bits per heavy atom. The summed E-state index contributed by atoms with van der Waals surface area (Å²) in [4.78, 5) is 19.4. The molecule has 1 aromatic carbocycles. The van der Waals surface area contributed by atoms with Crippen molar-refractivity contribution in [3.8, 4) is 0 Å². The summed E-state index contributed by atoms with van der Waals surface area (Å²) in [6.07, 6.45) is 9.75. The number of amidine groups is 1. The van der Waals surface area contributed by atoms with Crippen LogP contribution in [0.15, 0.2) is 54.5 Å². The number of benzene rings is 1. The van der Waals surface area contributed by atoms with E-state index < -0.39 is 11.6 Å². The van der Waals surface area contributed by atoms with Gasteiger partial charge in [-0.1, -0.05) is 59.1 Å². The molecule has 2 N–H and O–H groups in total. The van der Waals surface area contributed by atoms with Gasteiger partial charge in [0, 0.05) is 39.5 Å². The second kappa shape index (κ2) is 13.0. The van der Waals surface area contributed by atoms with Crippen molar-refractivity contribution in [3.05, 3.63) is 65.6 Å². The first-order chi connectivity index (χ1) is 19.5. The van der Waals surface area contributed by atoms with Crippen LogP contribution in [0.2, 0.25) is 0 Å². The van der Waals surface area contributed by atoms with Gasteiger partial charge >= 0.3 is 0 Å². The monoisotopic (exact) mass is 578 g/mol. The van der Waals surface area contributed by atoms with E-state index in [2.05, 4.69) is 65.7 Å². The van der Waals surface area contributed by atoms with Gasteiger partial charge < -0.3 is 24.5 Å². The number of rotatable bonds is 11. The highest BCUT2D eigenvalue weighted by Crippen LogP contribution is 2.46. The molecular formula is C33H47N4O3P. The van der Waals surface area contributed by atoms with Crippen LogP contribution in [0.1, 0.15) is 76.3 Å². The summed E-state index contributed by atoms with van der Waals surface area (Å²) in [5, 5.41) is 19.6. The Kier molecular flexibility index (Phi) is 9.81. The van der Waals surface area contributed by atoms with Crippen LogP contribution in [0, 0.1) is 11.3 Å². The molecule has 1 saturated heterocycles. The predicted molar refractivity (Wildman–Crippen MR) is 170 cm³/mol. The Morgan fingerprint density at radius 2 is 1.93 bits per heavy atom. The van der Waals surface area contributed by atoms with E-state index >= 15 is 0 Å². The Balaban J connectivity index is 1.51. The summed E-state index contributed by atoms with van der Waals surface area (Å²) in [5.41, 5.74) is 4.24. The van der Waals surface area contributed by atoms with Crippen LogP contribution in [0.3, 0.4) is 0 Å². The molecule has 2 aliphatic carbocycles. The molecule has 0 spiro atoms. The quantitative estimate of drug-likeness (QED) is 0.145. The maximum absolute atomic E-state index is 13.8. The van der Waals surface area contributed by atoms with Crippen molar-refractivity contribution < 1.29 is 14.6 Å². The Labute approximate surface area is 248 Å². The fourth-order valence-electron chi connectivity index (χ4n) is 6.67. The largest absolute Gasteiger partial charge is 0.478 e. The predicted octanol–water partition coefficient (Wildman–Crippen LogP) is 6.05. The molecule has 1 fully saturated rings. The second-order valence-corrected chi connectivity index (χ2v) is 12.8. The van der Waals surface area contributed by atoms with Gasteiger partial charge in [0.15, 0.2) is 5.88 Å². The number of amides is 1. The maximum Gasteiger partial charge on any atom is 0.248 e. The number of ether oxygens (including phenoxy) is 1. The Morgan fingerprint density at radius 1 is 1.24 bits per heavy atom. The lowest BCUT2D eigenvalue weighted by atomic mass is 9.90. The standard InChI is InChI=1S/C33H47N4O3P/c1-22(2)30(31(34)36(6)33(4,20-29(38)41)32(39)37-18-12-7-13-19-37)35(5)23(3)40-21-28-26-16-10-8-14-24(26)25-15-9-11-17-27(25)28/h8,10-11,14,16-17,22,28,30,34,38,41H,3,7,9,12-13,15,18-21H2,1-2,4-6H3/t28?,30?,33-/m0/s1. The number of likely N-dealkylation sites (tertiary alicyclic amines) is 1. The van der Waals surface area contributed by atoms with Crippen molar-refractivity contribution in [1.82, 2.24) is 14.7 Å². The van der Waals surface area contributed by atoms with Gasteiger partial charge in [0.05, 0.1) is 11.5 Å². The highest BCUT2D eigenvalue weighted by molar-refractivity contribution is 7.20. The topological polar surface area (TPSA) is 80.1 Å². The van der Waals surface area contributed by atoms with E-state index in [1.807, 2.05) is 23.8 Å². The van der Waals surface area contributed by atoms with Gasteiger partial charge in [0.2, 0.25) is 5.91 Å². The average molecular weight is 579 g/mol. The molecule has 7 nitrogen and oxygen atoms in total. The molecule has 222 valence electrons. The van der Waals surface area contributed by atoms with Crippen LogP contribution in [0.5, 0.6) is 0 Å².